The second-order valence-electron chi connectivity index (χ2n) is 5.44. The van der Waals surface area contributed by atoms with E-state index in [4.69, 9.17) is 4.74 Å². The molecule has 2 aromatic carbocycles. The molecule has 0 heterocycles. The van der Waals surface area contributed by atoms with Crippen LogP contribution in [0.2, 0.25) is 0 Å². The Labute approximate surface area is 148 Å². The van der Waals surface area contributed by atoms with Crippen LogP contribution in [0.5, 0.6) is 5.75 Å². The zero-order valence-electron chi connectivity index (χ0n) is 14.4. The van der Waals surface area contributed by atoms with E-state index in [1.54, 1.807) is 44.1 Å². The van der Waals surface area contributed by atoms with Gasteiger partial charge in [-0.3, -0.25) is 0 Å². The van der Waals surface area contributed by atoms with Gasteiger partial charge in [0.15, 0.2) is 0 Å². The van der Waals surface area contributed by atoms with Gasteiger partial charge in [-0.05, 0) is 54.1 Å². The maximum Gasteiger partial charge on any atom is 0.243 e. The van der Waals surface area contributed by atoms with Gasteiger partial charge in [-0.2, -0.15) is 4.31 Å². The Morgan fingerprint density at radius 2 is 1.79 bits per heavy atom. The summed E-state index contributed by atoms with van der Waals surface area (Å²) in [6.45, 7) is 2.32. The normalized spacial score (nSPS) is 11.7. The summed E-state index contributed by atoms with van der Waals surface area (Å²) in [7, 11) is -0.343. The van der Waals surface area contributed by atoms with Gasteiger partial charge in [0.25, 0.3) is 0 Å². The molecule has 0 aliphatic heterocycles. The van der Waals surface area contributed by atoms with Gasteiger partial charge in [0, 0.05) is 18.5 Å². The SMILES string of the molecule is CCc1cc(S(=O)(=O)N(C)Cc2ccc(SC)cc2)ccc1OC. The molecule has 0 aliphatic carbocycles. The molecular formula is C18H23NO3S2. The number of rotatable bonds is 7. The minimum Gasteiger partial charge on any atom is -0.496 e. The molecule has 0 unspecified atom stereocenters. The van der Waals surface area contributed by atoms with Crippen LogP contribution in [0, 0.1) is 0 Å². The number of ether oxygens (including phenoxy) is 1. The van der Waals surface area contributed by atoms with E-state index in [0.717, 1.165) is 16.0 Å². The standard InChI is InChI=1S/C18H23NO3S2/c1-5-15-12-17(10-11-18(15)22-3)24(20,21)19(2)13-14-6-8-16(23-4)9-7-14/h6-12H,5,13H2,1-4H3. The number of methoxy groups -OCH3 is 1. The molecule has 2 rings (SSSR count). The highest BCUT2D eigenvalue weighted by Gasteiger charge is 2.22. The van der Waals surface area contributed by atoms with Crippen LogP contribution >= 0.6 is 11.8 Å². The van der Waals surface area contributed by atoms with Crippen LogP contribution in [-0.2, 0) is 23.0 Å². The van der Waals surface area contributed by atoms with Gasteiger partial charge in [-0.1, -0.05) is 19.1 Å². The molecule has 0 fully saturated rings. The van der Waals surface area contributed by atoms with Crippen molar-refractivity contribution in [2.45, 2.75) is 29.7 Å². The minimum absolute atomic E-state index is 0.295. The summed E-state index contributed by atoms with van der Waals surface area (Å²) in [5, 5.41) is 0. The fourth-order valence-corrected chi connectivity index (χ4v) is 4.06. The van der Waals surface area contributed by atoms with E-state index in [0.29, 0.717) is 23.6 Å². The lowest BCUT2D eigenvalue weighted by Gasteiger charge is -2.18. The van der Waals surface area contributed by atoms with Crippen molar-refractivity contribution in [3.63, 3.8) is 0 Å². The third kappa shape index (κ3) is 4.12. The summed E-state index contributed by atoms with van der Waals surface area (Å²) in [4.78, 5) is 1.45. The zero-order valence-corrected chi connectivity index (χ0v) is 16.1. The van der Waals surface area contributed by atoms with Gasteiger partial charge in [0.2, 0.25) is 10.0 Å². The molecule has 4 nitrogen and oxygen atoms in total. The first-order valence-corrected chi connectivity index (χ1v) is 10.3. The lowest BCUT2D eigenvalue weighted by Crippen LogP contribution is -2.26. The molecule has 0 aliphatic rings. The van der Waals surface area contributed by atoms with E-state index in [1.165, 1.54) is 4.31 Å². The molecule has 2 aromatic rings. The number of benzene rings is 2. The van der Waals surface area contributed by atoms with Gasteiger partial charge in [-0.25, -0.2) is 8.42 Å². The van der Waals surface area contributed by atoms with Crippen LogP contribution in [0.3, 0.4) is 0 Å². The van der Waals surface area contributed by atoms with Crippen molar-refractivity contribution < 1.29 is 13.2 Å². The highest BCUT2D eigenvalue weighted by Crippen LogP contribution is 2.25. The third-order valence-corrected chi connectivity index (χ3v) is 6.45. The third-order valence-electron chi connectivity index (χ3n) is 3.91. The van der Waals surface area contributed by atoms with Crippen molar-refractivity contribution in [3.05, 3.63) is 53.6 Å². The molecular weight excluding hydrogens is 342 g/mol. The average molecular weight is 366 g/mol. The van der Waals surface area contributed by atoms with Crippen molar-refractivity contribution in [2.24, 2.45) is 0 Å². The Hall–Kier alpha value is -1.50. The van der Waals surface area contributed by atoms with Crippen molar-refractivity contribution in [1.82, 2.24) is 4.31 Å². The molecule has 0 atom stereocenters. The molecule has 0 N–H and O–H groups in total. The fourth-order valence-electron chi connectivity index (χ4n) is 2.44. The number of sulfonamides is 1. The fraction of sp³-hybridized carbons (Fsp3) is 0.333. The smallest absolute Gasteiger partial charge is 0.243 e. The highest BCUT2D eigenvalue weighted by atomic mass is 32.2. The van der Waals surface area contributed by atoms with E-state index >= 15 is 0 Å². The Kier molecular flexibility index (Phi) is 6.32. The Morgan fingerprint density at radius 1 is 1.12 bits per heavy atom. The second kappa shape index (κ2) is 8.05. The molecule has 0 aromatic heterocycles. The molecule has 0 bridgehead atoms. The highest BCUT2D eigenvalue weighted by molar-refractivity contribution is 7.98. The molecule has 0 saturated heterocycles. The van der Waals surface area contributed by atoms with Gasteiger partial charge < -0.3 is 4.74 Å². The zero-order chi connectivity index (χ0) is 17.7. The van der Waals surface area contributed by atoms with Crippen LogP contribution in [0.4, 0.5) is 0 Å². The topological polar surface area (TPSA) is 46.6 Å². The van der Waals surface area contributed by atoms with Gasteiger partial charge in [0.1, 0.15) is 5.75 Å². The molecule has 24 heavy (non-hydrogen) atoms. The lowest BCUT2D eigenvalue weighted by molar-refractivity contribution is 0.409. The summed E-state index contributed by atoms with van der Waals surface area (Å²) in [6, 6.07) is 12.9. The molecule has 0 amide bonds. The molecule has 6 heteroatoms. The first-order valence-electron chi connectivity index (χ1n) is 7.68. The van der Waals surface area contributed by atoms with E-state index in [9.17, 15) is 8.42 Å². The number of hydrogen-bond acceptors (Lipinski definition) is 4. The predicted octanol–water partition coefficient (Wildman–Crippen LogP) is 3.80. The van der Waals surface area contributed by atoms with E-state index in [2.05, 4.69) is 0 Å². The van der Waals surface area contributed by atoms with Crippen molar-refractivity contribution >= 4 is 21.8 Å². The second-order valence-corrected chi connectivity index (χ2v) is 8.36. The van der Waals surface area contributed by atoms with Crippen LogP contribution in [0.15, 0.2) is 52.3 Å². The maximum atomic E-state index is 12.8. The maximum absolute atomic E-state index is 12.8. The van der Waals surface area contributed by atoms with Crippen molar-refractivity contribution in [1.29, 1.82) is 0 Å². The molecule has 0 saturated carbocycles. The Bertz CT molecular complexity index is 786. The summed E-state index contributed by atoms with van der Waals surface area (Å²) in [5.74, 6) is 0.715. The van der Waals surface area contributed by atoms with Crippen LogP contribution in [-0.4, -0.2) is 33.1 Å². The monoisotopic (exact) mass is 365 g/mol. The molecule has 130 valence electrons. The predicted molar refractivity (Wildman–Crippen MR) is 99.2 cm³/mol. The van der Waals surface area contributed by atoms with Crippen molar-refractivity contribution in [2.75, 3.05) is 20.4 Å². The summed E-state index contributed by atoms with van der Waals surface area (Å²) in [6.07, 6.45) is 2.73. The Balaban J connectivity index is 2.25. The quantitative estimate of drug-likeness (QED) is 0.700. The number of thioether (sulfide) groups is 1. The number of hydrogen-bond donors (Lipinski definition) is 0. The van der Waals surface area contributed by atoms with Crippen molar-refractivity contribution in [3.8, 4) is 5.75 Å². The van der Waals surface area contributed by atoms with Crippen LogP contribution in [0.1, 0.15) is 18.1 Å². The first kappa shape index (κ1) is 18.8. The van der Waals surface area contributed by atoms with E-state index in [-0.39, 0.29) is 0 Å². The van der Waals surface area contributed by atoms with E-state index < -0.39 is 10.0 Å². The lowest BCUT2D eigenvalue weighted by atomic mass is 10.1. The average Bonchev–Trinajstić information content (AvgIpc) is 2.61. The van der Waals surface area contributed by atoms with Crippen LogP contribution < -0.4 is 4.74 Å². The van der Waals surface area contributed by atoms with E-state index in [1.807, 2.05) is 37.4 Å². The van der Waals surface area contributed by atoms with Gasteiger partial charge in [0.05, 0.1) is 12.0 Å². The molecule has 0 spiro atoms. The summed E-state index contributed by atoms with van der Waals surface area (Å²) >= 11 is 1.66. The summed E-state index contributed by atoms with van der Waals surface area (Å²) in [5.41, 5.74) is 1.85. The molecule has 0 radical (unpaired) electrons. The Morgan fingerprint density at radius 3 is 2.33 bits per heavy atom. The summed E-state index contributed by atoms with van der Waals surface area (Å²) < 4.78 is 32.3. The largest absolute Gasteiger partial charge is 0.496 e. The number of nitrogens with zero attached hydrogens (tertiary/aromatic N) is 1. The van der Waals surface area contributed by atoms with Crippen LogP contribution in [0.25, 0.3) is 0 Å². The first-order chi connectivity index (χ1) is 11.4. The number of aryl methyl sites for hydroxylation is 1. The van der Waals surface area contributed by atoms with Gasteiger partial charge in [-0.15, -0.1) is 11.8 Å². The van der Waals surface area contributed by atoms with Gasteiger partial charge >= 0.3 is 0 Å². The minimum atomic E-state index is -3.54.